The molecule has 19 heavy (non-hydrogen) atoms. The van der Waals surface area contributed by atoms with Crippen molar-refractivity contribution in [2.75, 3.05) is 13.1 Å². The maximum absolute atomic E-state index is 12.1. The Morgan fingerprint density at radius 3 is 2.95 bits per heavy atom. The molecule has 1 heterocycles. The first-order valence-electron chi connectivity index (χ1n) is 6.35. The van der Waals surface area contributed by atoms with Crippen LogP contribution in [-0.2, 0) is 0 Å². The van der Waals surface area contributed by atoms with E-state index in [1.54, 1.807) is 19.1 Å². The average molecular weight is 263 g/mol. The molecule has 6 heteroatoms. The van der Waals surface area contributed by atoms with Crippen LogP contribution in [0.15, 0.2) is 18.2 Å². The zero-order valence-corrected chi connectivity index (χ0v) is 10.8. The fourth-order valence-corrected chi connectivity index (χ4v) is 2.32. The highest BCUT2D eigenvalue weighted by atomic mass is 16.6. The average Bonchev–Trinajstić information content (AvgIpc) is 2.39. The molecule has 2 rings (SSSR count). The van der Waals surface area contributed by atoms with E-state index >= 15 is 0 Å². The molecule has 0 saturated carbocycles. The number of carbonyl (C=O) groups is 1. The van der Waals surface area contributed by atoms with Gasteiger partial charge in [0, 0.05) is 18.2 Å². The molecule has 1 atom stereocenters. The van der Waals surface area contributed by atoms with Crippen LogP contribution in [0.4, 0.5) is 5.69 Å². The lowest BCUT2D eigenvalue weighted by molar-refractivity contribution is -0.385. The molecule has 1 amide bonds. The second kappa shape index (κ2) is 5.79. The Morgan fingerprint density at radius 2 is 2.32 bits per heavy atom. The summed E-state index contributed by atoms with van der Waals surface area (Å²) in [7, 11) is 0. The van der Waals surface area contributed by atoms with Crippen molar-refractivity contribution in [1.29, 1.82) is 0 Å². The molecule has 0 radical (unpaired) electrons. The smallest absolute Gasteiger partial charge is 0.285 e. The van der Waals surface area contributed by atoms with E-state index in [4.69, 9.17) is 0 Å². The number of amides is 1. The van der Waals surface area contributed by atoms with Crippen molar-refractivity contribution in [2.24, 2.45) is 0 Å². The van der Waals surface area contributed by atoms with E-state index in [-0.39, 0.29) is 23.2 Å². The van der Waals surface area contributed by atoms with Crippen LogP contribution in [0.3, 0.4) is 0 Å². The summed E-state index contributed by atoms with van der Waals surface area (Å²) in [5.41, 5.74) is 0.527. The number of piperidine rings is 1. The number of para-hydroxylation sites is 1. The highest BCUT2D eigenvalue weighted by Crippen LogP contribution is 2.23. The lowest BCUT2D eigenvalue weighted by Crippen LogP contribution is -2.45. The monoisotopic (exact) mass is 263 g/mol. The van der Waals surface area contributed by atoms with Gasteiger partial charge in [0.15, 0.2) is 0 Å². The lowest BCUT2D eigenvalue weighted by Gasteiger charge is -2.23. The standard InChI is InChI=1S/C13H17N3O3/c1-9-4-2-6-11(12(9)16(18)19)13(17)15-10-5-3-7-14-8-10/h2,4,6,10,14H,3,5,7-8H2,1H3,(H,15,17). The molecule has 1 aromatic carbocycles. The predicted molar refractivity (Wildman–Crippen MR) is 71.2 cm³/mol. The molecule has 1 fully saturated rings. The Hall–Kier alpha value is -1.95. The van der Waals surface area contributed by atoms with Crippen LogP contribution in [0, 0.1) is 17.0 Å². The van der Waals surface area contributed by atoms with Crippen LogP contribution in [0.25, 0.3) is 0 Å². The van der Waals surface area contributed by atoms with Gasteiger partial charge >= 0.3 is 0 Å². The zero-order valence-electron chi connectivity index (χ0n) is 10.8. The Morgan fingerprint density at radius 1 is 1.53 bits per heavy atom. The van der Waals surface area contributed by atoms with Gasteiger partial charge in [0.05, 0.1) is 4.92 Å². The van der Waals surface area contributed by atoms with Crippen molar-refractivity contribution in [1.82, 2.24) is 10.6 Å². The second-order valence-electron chi connectivity index (χ2n) is 4.74. The van der Waals surface area contributed by atoms with Gasteiger partial charge in [0.1, 0.15) is 5.56 Å². The molecule has 1 aromatic rings. The molecule has 0 aliphatic carbocycles. The summed E-state index contributed by atoms with van der Waals surface area (Å²) in [5.74, 6) is -0.371. The number of carbonyl (C=O) groups excluding carboxylic acids is 1. The van der Waals surface area contributed by atoms with Gasteiger partial charge in [0.25, 0.3) is 11.6 Å². The largest absolute Gasteiger partial charge is 0.348 e. The summed E-state index contributed by atoms with van der Waals surface area (Å²) >= 11 is 0. The summed E-state index contributed by atoms with van der Waals surface area (Å²) in [5, 5.41) is 17.1. The van der Waals surface area contributed by atoms with Crippen molar-refractivity contribution in [3.63, 3.8) is 0 Å². The van der Waals surface area contributed by atoms with Gasteiger partial charge < -0.3 is 10.6 Å². The van der Waals surface area contributed by atoms with Crippen molar-refractivity contribution < 1.29 is 9.72 Å². The third-order valence-corrected chi connectivity index (χ3v) is 3.30. The normalized spacial score (nSPS) is 18.9. The van der Waals surface area contributed by atoms with Crippen LogP contribution in [0.5, 0.6) is 0 Å². The molecule has 1 aliphatic heterocycles. The minimum Gasteiger partial charge on any atom is -0.348 e. The van der Waals surface area contributed by atoms with Crippen LogP contribution in [0.1, 0.15) is 28.8 Å². The SMILES string of the molecule is Cc1cccc(C(=O)NC2CCCNC2)c1[N+](=O)[O-]. The molecular formula is C13H17N3O3. The van der Waals surface area contributed by atoms with E-state index in [0.717, 1.165) is 19.4 Å². The van der Waals surface area contributed by atoms with Gasteiger partial charge in [-0.3, -0.25) is 14.9 Å². The molecule has 0 bridgehead atoms. The third-order valence-electron chi connectivity index (χ3n) is 3.30. The van der Waals surface area contributed by atoms with E-state index in [2.05, 4.69) is 10.6 Å². The molecule has 1 unspecified atom stereocenters. The minimum absolute atomic E-state index is 0.0429. The highest BCUT2D eigenvalue weighted by molar-refractivity contribution is 5.98. The number of hydrogen-bond acceptors (Lipinski definition) is 4. The molecule has 1 aliphatic rings. The predicted octanol–water partition coefficient (Wildman–Crippen LogP) is 1.39. The van der Waals surface area contributed by atoms with Crippen LogP contribution < -0.4 is 10.6 Å². The molecule has 0 aromatic heterocycles. The lowest BCUT2D eigenvalue weighted by atomic mass is 10.0. The maximum Gasteiger partial charge on any atom is 0.285 e. The summed E-state index contributed by atoms with van der Waals surface area (Å²) in [6.45, 7) is 3.30. The number of nitro groups is 1. The number of hydrogen-bond donors (Lipinski definition) is 2. The first kappa shape index (κ1) is 13.5. The first-order valence-corrected chi connectivity index (χ1v) is 6.35. The number of nitro benzene ring substituents is 1. The molecule has 2 N–H and O–H groups in total. The highest BCUT2D eigenvalue weighted by Gasteiger charge is 2.24. The molecule has 6 nitrogen and oxygen atoms in total. The summed E-state index contributed by atoms with van der Waals surface area (Å²) in [6.07, 6.45) is 1.90. The Bertz CT molecular complexity index is 496. The number of benzene rings is 1. The third kappa shape index (κ3) is 3.08. The van der Waals surface area contributed by atoms with Gasteiger partial charge in [-0.25, -0.2) is 0 Å². The van der Waals surface area contributed by atoms with Crippen molar-refractivity contribution in [3.8, 4) is 0 Å². The maximum atomic E-state index is 12.1. The summed E-state index contributed by atoms with van der Waals surface area (Å²) in [6, 6.07) is 4.84. The van der Waals surface area contributed by atoms with Crippen molar-refractivity contribution in [3.05, 3.63) is 39.4 Å². The fraction of sp³-hybridized carbons (Fsp3) is 0.462. The molecule has 102 valence electrons. The Labute approximate surface area is 111 Å². The Kier molecular flexibility index (Phi) is 4.11. The van der Waals surface area contributed by atoms with Crippen LogP contribution in [0.2, 0.25) is 0 Å². The first-order chi connectivity index (χ1) is 9.09. The molecular weight excluding hydrogens is 246 g/mol. The summed E-state index contributed by atoms with van der Waals surface area (Å²) in [4.78, 5) is 22.7. The van der Waals surface area contributed by atoms with E-state index in [1.807, 2.05) is 0 Å². The van der Waals surface area contributed by atoms with E-state index < -0.39 is 4.92 Å². The molecule has 1 saturated heterocycles. The van der Waals surface area contributed by atoms with E-state index in [9.17, 15) is 14.9 Å². The van der Waals surface area contributed by atoms with Gasteiger partial charge in [-0.2, -0.15) is 0 Å². The van der Waals surface area contributed by atoms with Crippen LogP contribution >= 0.6 is 0 Å². The van der Waals surface area contributed by atoms with Crippen molar-refractivity contribution in [2.45, 2.75) is 25.8 Å². The van der Waals surface area contributed by atoms with Crippen molar-refractivity contribution >= 4 is 11.6 Å². The van der Waals surface area contributed by atoms with Crippen LogP contribution in [-0.4, -0.2) is 30.0 Å². The van der Waals surface area contributed by atoms with Gasteiger partial charge in [-0.15, -0.1) is 0 Å². The Balaban J connectivity index is 2.18. The summed E-state index contributed by atoms with van der Waals surface area (Å²) < 4.78 is 0. The van der Waals surface area contributed by atoms with E-state index in [0.29, 0.717) is 12.1 Å². The number of nitrogens with one attached hydrogen (secondary N) is 2. The van der Waals surface area contributed by atoms with E-state index in [1.165, 1.54) is 6.07 Å². The zero-order chi connectivity index (χ0) is 13.8. The number of rotatable bonds is 3. The molecule has 0 spiro atoms. The quantitative estimate of drug-likeness (QED) is 0.637. The fourth-order valence-electron chi connectivity index (χ4n) is 2.32. The number of nitrogens with zero attached hydrogens (tertiary/aromatic N) is 1. The topological polar surface area (TPSA) is 84.3 Å². The van der Waals surface area contributed by atoms with Gasteiger partial charge in [-0.1, -0.05) is 12.1 Å². The van der Waals surface area contributed by atoms with Gasteiger partial charge in [0.2, 0.25) is 0 Å². The van der Waals surface area contributed by atoms with Gasteiger partial charge in [-0.05, 0) is 32.4 Å². The number of aryl methyl sites for hydroxylation is 1. The minimum atomic E-state index is -0.497. The second-order valence-corrected chi connectivity index (χ2v) is 4.74.